The van der Waals surface area contributed by atoms with Crippen molar-refractivity contribution in [2.75, 3.05) is 38.2 Å². The first-order chi connectivity index (χ1) is 16.3. The highest BCUT2D eigenvalue weighted by Crippen LogP contribution is 2.30. The molecule has 7 heteroatoms. The van der Waals surface area contributed by atoms with Crippen molar-refractivity contribution in [3.63, 3.8) is 0 Å². The first kappa shape index (κ1) is 21.2. The van der Waals surface area contributed by atoms with Crippen molar-refractivity contribution in [1.29, 1.82) is 0 Å². The molecule has 0 amide bonds. The zero-order valence-electron chi connectivity index (χ0n) is 18.8. The standard InChI is InChI=1S/C26H28N6O/c1-33-24-14-8-13-23(19-24)30-15-17-31(18-16-30)25(22-11-6-3-7-12-22)26-27-28-29-32(26)20-21-9-4-2-5-10-21/h2-14,19,25H,15-18,20H2,1H3. The Morgan fingerprint density at radius 2 is 1.58 bits per heavy atom. The Balaban J connectivity index is 1.39. The third-order valence-corrected chi connectivity index (χ3v) is 6.19. The van der Waals surface area contributed by atoms with E-state index < -0.39 is 0 Å². The van der Waals surface area contributed by atoms with Crippen molar-refractivity contribution < 1.29 is 4.74 Å². The molecule has 7 nitrogen and oxygen atoms in total. The molecule has 1 fully saturated rings. The van der Waals surface area contributed by atoms with Crippen molar-refractivity contribution in [1.82, 2.24) is 25.1 Å². The Labute approximate surface area is 194 Å². The number of piperazine rings is 1. The van der Waals surface area contributed by atoms with Crippen LogP contribution in [0.15, 0.2) is 84.9 Å². The van der Waals surface area contributed by atoms with E-state index in [-0.39, 0.29) is 6.04 Å². The summed E-state index contributed by atoms with van der Waals surface area (Å²) in [6.07, 6.45) is 0. The van der Waals surface area contributed by atoms with Gasteiger partial charge in [-0.3, -0.25) is 4.90 Å². The minimum Gasteiger partial charge on any atom is -0.497 e. The molecule has 1 aromatic heterocycles. The van der Waals surface area contributed by atoms with E-state index in [2.05, 4.69) is 73.9 Å². The molecule has 5 rings (SSSR count). The number of rotatable bonds is 7. The lowest BCUT2D eigenvalue weighted by Crippen LogP contribution is -2.48. The molecule has 1 aliphatic rings. The fraction of sp³-hybridized carbons (Fsp3) is 0.269. The summed E-state index contributed by atoms with van der Waals surface area (Å²) in [6, 6.07) is 29.2. The minimum atomic E-state index is -0.00243. The molecular formula is C26H28N6O. The number of ether oxygens (including phenoxy) is 1. The molecule has 0 spiro atoms. The third-order valence-electron chi connectivity index (χ3n) is 6.19. The van der Waals surface area contributed by atoms with Crippen molar-refractivity contribution in [3.8, 4) is 5.75 Å². The Morgan fingerprint density at radius 3 is 2.30 bits per heavy atom. The molecule has 1 atom stereocenters. The van der Waals surface area contributed by atoms with E-state index in [0.717, 1.165) is 37.8 Å². The maximum atomic E-state index is 5.41. The van der Waals surface area contributed by atoms with Gasteiger partial charge in [0.2, 0.25) is 0 Å². The van der Waals surface area contributed by atoms with Gasteiger partial charge in [0.25, 0.3) is 0 Å². The Kier molecular flexibility index (Phi) is 6.30. The van der Waals surface area contributed by atoms with Crippen LogP contribution in [-0.2, 0) is 6.54 Å². The molecule has 168 valence electrons. The van der Waals surface area contributed by atoms with Crippen LogP contribution in [0.4, 0.5) is 5.69 Å². The number of tetrazole rings is 1. The maximum absolute atomic E-state index is 5.41. The van der Waals surface area contributed by atoms with Crippen molar-refractivity contribution in [2.45, 2.75) is 12.6 Å². The second-order valence-electron chi connectivity index (χ2n) is 8.22. The summed E-state index contributed by atoms with van der Waals surface area (Å²) in [4.78, 5) is 4.90. The molecule has 1 unspecified atom stereocenters. The predicted octanol–water partition coefficient (Wildman–Crippen LogP) is 3.64. The highest BCUT2D eigenvalue weighted by atomic mass is 16.5. The van der Waals surface area contributed by atoms with Crippen LogP contribution in [-0.4, -0.2) is 58.4 Å². The fourth-order valence-electron chi connectivity index (χ4n) is 4.48. The van der Waals surface area contributed by atoms with Crippen LogP contribution in [0.1, 0.15) is 23.0 Å². The lowest BCUT2D eigenvalue weighted by atomic mass is 10.0. The van der Waals surface area contributed by atoms with Gasteiger partial charge in [-0.25, -0.2) is 4.68 Å². The molecule has 0 bridgehead atoms. The average molecular weight is 441 g/mol. The largest absolute Gasteiger partial charge is 0.497 e. The smallest absolute Gasteiger partial charge is 0.173 e. The van der Waals surface area contributed by atoms with Gasteiger partial charge in [-0.1, -0.05) is 66.7 Å². The Hall–Kier alpha value is -3.71. The molecule has 33 heavy (non-hydrogen) atoms. The molecule has 0 radical (unpaired) electrons. The molecule has 3 aromatic carbocycles. The zero-order chi connectivity index (χ0) is 22.5. The number of hydrogen-bond acceptors (Lipinski definition) is 6. The summed E-state index contributed by atoms with van der Waals surface area (Å²) < 4.78 is 7.34. The number of methoxy groups -OCH3 is 1. The quantitative estimate of drug-likeness (QED) is 0.437. The van der Waals surface area contributed by atoms with Crippen LogP contribution in [0, 0.1) is 0 Å². The first-order valence-electron chi connectivity index (χ1n) is 11.3. The van der Waals surface area contributed by atoms with Crippen molar-refractivity contribution in [2.24, 2.45) is 0 Å². The number of benzene rings is 3. The minimum absolute atomic E-state index is 0.00243. The number of hydrogen-bond donors (Lipinski definition) is 0. The second-order valence-corrected chi connectivity index (χ2v) is 8.22. The molecule has 4 aromatic rings. The topological polar surface area (TPSA) is 59.3 Å². The van der Waals surface area contributed by atoms with Gasteiger partial charge in [-0.05, 0) is 33.7 Å². The van der Waals surface area contributed by atoms with E-state index in [1.165, 1.54) is 16.8 Å². The summed E-state index contributed by atoms with van der Waals surface area (Å²) in [5.41, 5.74) is 3.58. The molecule has 1 saturated heterocycles. The second kappa shape index (κ2) is 9.83. The first-order valence-corrected chi connectivity index (χ1v) is 11.3. The molecular weight excluding hydrogens is 412 g/mol. The number of anilines is 1. The molecule has 0 saturated carbocycles. The SMILES string of the molecule is COc1cccc(N2CCN(C(c3ccccc3)c3nnnn3Cc3ccccc3)CC2)c1. The van der Waals surface area contributed by atoms with E-state index in [1.807, 2.05) is 41.1 Å². The molecule has 1 aliphatic heterocycles. The van der Waals surface area contributed by atoms with Crippen LogP contribution in [0.5, 0.6) is 5.75 Å². The van der Waals surface area contributed by atoms with E-state index >= 15 is 0 Å². The Morgan fingerprint density at radius 1 is 0.848 bits per heavy atom. The highest BCUT2D eigenvalue weighted by molar-refractivity contribution is 5.51. The van der Waals surface area contributed by atoms with Gasteiger partial charge in [-0.2, -0.15) is 0 Å². The van der Waals surface area contributed by atoms with Crippen molar-refractivity contribution in [3.05, 3.63) is 102 Å². The van der Waals surface area contributed by atoms with Crippen LogP contribution < -0.4 is 9.64 Å². The molecule has 0 N–H and O–H groups in total. The normalized spacial score (nSPS) is 15.4. The van der Waals surface area contributed by atoms with Gasteiger partial charge in [0.15, 0.2) is 5.82 Å². The van der Waals surface area contributed by atoms with E-state index in [4.69, 9.17) is 4.74 Å². The molecule has 2 heterocycles. The average Bonchev–Trinajstić information content (AvgIpc) is 3.33. The summed E-state index contributed by atoms with van der Waals surface area (Å²) in [5.74, 6) is 1.76. The summed E-state index contributed by atoms with van der Waals surface area (Å²) >= 11 is 0. The third kappa shape index (κ3) is 4.73. The van der Waals surface area contributed by atoms with E-state index in [1.54, 1.807) is 7.11 Å². The van der Waals surface area contributed by atoms with Crippen molar-refractivity contribution >= 4 is 5.69 Å². The van der Waals surface area contributed by atoms with Gasteiger partial charge >= 0.3 is 0 Å². The van der Waals surface area contributed by atoms with Crippen LogP contribution in [0.2, 0.25) is 0 Å². The summed E-state index contributed by atoms with van der Waals surface area (Å²) in [6.45, 7) is 4.33. The highest BCUT2D eigenvalue weighted by Gasteiger charge is 2.30. The van der Waals surface area contributed by atoms with Crippen LogP contribution >= 0.6 is 0 Å². The van der Waals surface area contributed by atoms with Gasteiger partial charge in [0, 0.05) is 37.9 Å². The molecule has 0 aliphatic carbocycles. The van der Waals surface area contributed by atoms with E-state index in [9.17, 15) is 0 Å². The van der Waals surface area contributed by atoms with Gasteiger partial charge in [0.1, 0.15) is 5.75 Å². The lowest BCUT2D eigenvalue weighted by Gasteiger charge is -2.40. The van der Waals surface area contributed by atoms with Gasteiger partial charge < -0.3 is 9.64 Å². The van der Waals surface area contributed by atoms with Crippen LogP contribution in [0.25, 0.3) is 0 Å². The van der Waals surface area contributed by atoms with Gasteiger partial charge in [0.05, 0.1) is 19.7 Å². The lowest BCUT2D eigenvalue weighted by molar-refractivity contribution is 0.201. The van der Waals surface area contributed by atoms with Gasteiger partial charge in [-0.15, -0.1) is 5.10 Å². The Bertz CT molecular complexity index is 1160. The van der Waals surface area contributed by atoms with Crippen LogP contribution in [0.3, 0.4) is 0 Å². The van der Waals surface area contributed by atoms with E-state index in [0.29, 0.717) is 6.54 Å². The fourth-order valence-corrected chi connectivity index (χ4v) is 4.48. The zero-order valence-corrected chi connectivity index (χ0v) is 18.8. The number of nitrogens with zero attached hydrogens (tertiary/aromatic N) is 6. The summed E-state index contributed by atoms with van der Waals surface area (Å²) in [7, 11) is 1.71. The monoisotopic (exact) mass is 440 g/mol. The summed E-state index contributed by atoms with van der Waals surface area (Å²) in [5, 5.41) is 12.9. The number of aromatic nitrogens is 4. The predicted molar refractivity (Wildman–Crippen MR) is 128 cm³/mol. The maximum Gasteiger partial charge on any atom is 0.173 e.